The number of piperidine rings is 1. The molecule has 3 aromatic heterocycles. The zero-order valence-corrected chi connectivity index (χ0v) is 16.4. The summed E-state index contributed by atoms with van der Waals surface area (Å²) < 4.78 is 2.16. The van der Waals surface area contributed by atoms with E-state index in [0.29, 0.717) is 13.1 Å². The lowest BCUT2D eigenvalue weighted by Crippen LogP contribution is -2.39. The molecule has 1 saturated heterocycles. The molecular weight excluding hydrogens is 358 g/mol. The van der Waals surface area contributed by atoms with E-state index >= 15 is 0 Å². The SMILES string of the molecule is Cc1nc(C)c(C(=O)N2CCCC(c3nccn3Cc3ccccn3)C2)s1. The lowest BCUT2D eigenvalue weighted by molar-refractivity contribution is 0.0707. The van der Waals surface area contributed by atoms with Gasteiger partial charge < -0.3 is 9.47 Å². The lowest BCUT2D eigenvalue weighted by atomic mass is 9.97. The Morgan fingerprint density at radius 2 is 2.15 bits per heavy atom. The van der Waals surface area contributed by atoms with Crippen LogP contribution in [0.25, 0.3) is 0 Å². The number of carbonyl (C=O) groups excluding carboxylic acids is 1. The normalized spacial score (nSPS) is 17.3. The van der Waals surface area contributed by atoms with Gasteiger partial charge >= 0.3 is 0 Å². The van der Waals surface area contributed by atoms with Gasteiger partial charge in [0.2, 0.25) is 0 Å². The predicted octanol–water partition coefficient (Wildman–Crippen LogP) is 3.42. The number of hydrogen-bond donors (Lipinski definition) is 0. The number of likely N-dealkylation sites (tertiary alicyclic amines) is 1. The Hall–Kier alpha value is -2.54. The first-order valence-electron chi connectivity index (χ1n) is 9.26. The minimum absolute atomic E-state index is 0.102. The molecule has 1 aliphatic rings. The summed E-state index contributed by atoms with van der Waals surface area (Å²) in [4.78, 5) is 29.2. The largest absolute Gasteiger partial charge is 0.337 e. The van der Waals surface area contributed by atoms with Gasteiger partial charge in [-0.15, -0.1) is 11.3 Å². The van der Waals surface area contributed by atoms with Gasteiger partial charge in [0, 0.05) is 37.6 Å². The Bertz CT molecular complexity index is 933. The fourth-order valence-corrected chi connectivity index (χ4v) is 4.61. The van der Waals surface area contributed by atoms with Crippen LogP contribution in [0.2, 0.25) is 0 Å². The van der Waals surface area contributed by atoms with Crippen molar-refractivity contribution in [2.45, 2.75) is 39.2 Å². The van der Waals surface area contributed by atoms with Crippen molar-refractivity contribution in [3.8, 4) is 0 Å². The zero-order chi connectivity index (χ0) is 18.8. The van der Waals surface area contributed by atoms with Gasteiger partial charge in [-0.2, -0.15) is 0 Å². The fourth-order valence-electron chi connectivity index (χ4n) is 3.73. The van der Waals surface area contributed by atoms with Crippen LogP contribution in [0.3, 0.4) is 0 Å². The van der Waals surface area contributed by atoms with Crippen molar-refractivity contribution in [3.63, 3.8) is 0 Å². The van der Waals surface area contributed by atoms with Crippen molar-refractivity contribution < 1.29 is 4.79 Å². The van der Waals surface area contributed by atoms with Crippen molar-refractivity contribution in [3.05, 3.63) is 63.9 Å². The first-order chi connectivity index (χ1) is 13.1. The molecule has 1 atom stereocenters. The highest BCUT2D eigenvalue weighted by molar-refractivity contribution is 7.13. The fraction of sp³-hybridized carbons (Fsp3) is 0.400. The number of aryl methyl sites for hydroxylation is 2. The number of thiazole rings is 1. The smallest absolute Gasteiger partial charge is 0.265 e. The van der Waals surface area contributed by atoms with Gasteiger partial charge in [-0.05, 0) is 38.8 Å². The third-order valence-corrected chi connectivity index (χ3v) is 6.04. The highest BCUT2D eigenvalue weighted by atomic mass is 32.1. The topological polar surface area (TPSA) is 63.9 Å². The van der Waals surface area contributed by atoms with Crippen molar-refractivity contribution >= 4 is 17.2 Å². The highest BCUT2D eigenvalue weighted by Crippen LogP contribution is 2.28. The van der Waals surface area contributed by atoms with Crippen LogP contribution in [-0.4, -0.2) is 43.4 Å². The molecule has 0 spiro atoms. The zero-order valence-electron chi connectivity index (χ0n) is 15.6. The molecule has 1 unspecified atom stereocenters. The first-order valence-corrected chi connectivity index (χ1v) is 10.1. The van der Waals surface area contributed by atoms with Crippen molar-refractivity contribution in [1.29, 1.82) is 0 Å². The van der Waals surface area contributed by atoms with E-state index in [4.69, 9.17) is 0 Å². The molecular formula is C20H23N5OS. The van der Waals surface area contributed by atoms with Gasteiger partial charge in [0.05, 0.1) is 22.9 Å². The summed E-state index contributed by atoms with van der Waals surface area (Å²) in [5, 5.41) is 0.940. The van der Waals surface area contributed by atoms with E-state index in [1.165, 1.54) is 11.3 Å². The maximum absolute atomic E-state index is 13.0. The number of amides is 1. The molecule has 0 saturated carbocycles. The quantitative estimate of drug-likeness (QED) is 0.695. The average molecular weight is 382 g/mol. The van der Waals surface area contributed by atoms with Crippen LogP contribution < -0.4 is 0 Å². The van der Waals surface area contributed by atoms with Crippen molar-refractivity contribution in [1.82, 2.24) is 24.4 Å². The van der Waals surface area contributed by atoms with E-state index < -0.39 is 0 Å². The van der Waals surface area contributed by atoms with Crippen molar-refractivity contribution in [2.75, 3.05) is 13.1 Å². The van der Waals surface area contributed by atoms with Gasteiger partial charge in [-0.1, -0.05) is 6.07 Å². The third-order valence-electron chi connectivity index (χ3n) is 4.98. The van der Waals surface area contributed by atoms with E-state index in [0.717, 1.165) is 46.5 Å². The molecule has 27 heavy (non-hydrogen) atoms. The molecule has 3 aromatic rings. The number of imidazole rings is 1. The Morgan fingerprint density at radius 3 is 2.89 bits per heavy atom. The second kappa shape index (κ2) is 7.60. The van der Waals surface area contributed by atoms with Gasteiger partial charge in [-0.3, -0.25) is 9.78 Å². The maximum atomic E-state index is 13.0. The lowest BCUT2D eigenvalue weighted by Gasteiger charge is -2.32. The minimum Gasteiger partial charge on any atom is -0.337 e. The summed E-state index contributed by atoms with van der Waals surface area (Å²) in [5.41, 5.74) is 1.84. The van der Waals surface area contributed by atoms with Gasteiger partial charge in [0.15, 0.2) is 0 Å². The number of hydrogen-bond acceptors (Lipinski definition) is 5. The van der Waals surface area contributed by atoms with Crippen LogP contribution in [0.5, 0.6) is 0 Å². The Morgan fingerprint density at radius 1 is 1.26 bits per heavy atom. The molecule has 140 valence electrons. The van der Waals surface area contributed by atoms with E-state index in [2.05, 4.69) is 19.5 Å². The van der Waals surface area contributed by atoms with E-state index in [9.17, 15) is 4.79 Å². The molecule has 0 aliphatic carbocycles. The Labute approximate surface area is 162 Å². The second-order valence-corrected chi connectivity index (χ2v) is 8.18. The van der Waals surface area contributed by atoms with Crippen molar-refractivity contribution in [2.24, 2.45) is 0 Å². The van der Waals surface area contributed by atoms with Crippen LogP contribution in [0, 0.1) is 13.8 Å². The molecule has 0 radical (unpaired) electrons. The number of aromatic nitrogens is 4. The molecule has 1 amide bonds. The number of pyridine rings is 1. The molecule has 0 bridgehead atoms. The van der Waals surface area contributed by atoms with E-state index in [1.807, 2.05) is 55.5 Å². The molecule has 4 heterocycles. The maximum Gasteiger partial charge on any atom is 0.265 e. The summed E-state index contributed by atoms with van der Waals surface area (Å²) in [7, 11) is 0. The minimum atomic E-state index is 0.102. The summed E-state index contributed by atoms with van der Waals surface area (Å²) in [6.45, 7) is 6.06. The number of rotatable bonds is 4. The van der Waals surface area contributed by atoms with Crippen LogP contribution in [0.15, 0.2) is 36.8 Å². The number of nitrogens with zero attached hydrogens (tertiary/aromatic N) is 5. The average Bonchev–Trinajstić information content (AvgIpc) is 3.28. The molecule has 0 N–H and O–H groups in total. The molecule has 7 heteroatoms. The Kier molecular flexibility index (Phi) is 5.03. The Balaban J connectivity index is 1.51. The summed E-state index contributed by atoms with van der Waals surface area (Å²) in [5.74, 6) is 1.39. The van der Waals surface area contributed by atoms with Crippen LogP contribution in [-0.2, 0) is 6.54 Å². The molecule has 1 aliphatic heterocycles. The highest BCUT2D eigenvalue weighted by Gasteiger charge is 2.29. The van der Waals surface area contributed by atoms with Gasteiger partial charge in [0.1, 0.15) is 10.7 Å². The molecule has 4 rings (SSSR count). The molecule has 1 fully saturated rings. The van der Waals surface area contributed by atoms with Gasteiger partial charge in [-0.25, -0.2) is 9.97 Å². The van der Waals surface area contributed by atoms with Crippen LogP contribution in [0.4, 0.5) is 0 Å². The van der Waals surface area contributed by atoms with Gasteiger partial charge in [0.25, 0.3) is 5.91 Å². The predicted molar refractivity (Wildman–Crippen MR) is 105 cm³/mol. The monoisotopic (exact) mass is 381 g/mol. The molecule has 6 nitrogen and oxygen atoms in total. The summed E-state index contributed by atoms with van der Waals surface area (Å²) >= 11 is 1.49. The standard InChI is InChI=1S/C20H23N5OS/c1-14-18(27-15(2)23-14)20(26)25-10-5-6-16(12-25)19-22-9-11-24(19)13-17-7-3-4-8-21-17/h3-4,7-9,11,16H,5-6,10,12-13H2,1-2H3. The summed E-state index contributed by atoms with van der Waals surface area (Å²) in [6, 6.07) is 5.95. The van der Waals surface area contributed by atoms with Crippen LogP contribution in [0.1, 0.15) is 50.7 Å². The number of carbonyl (C=O) groups is 1. The summed E-state index contributed by atoms with van der Waals surface area (Å²) in [6.07, 6.45) is 7.69. The van der Waals surface area contributed by atoms with Crippen LogP contribution >= 0.6 is 11.3 Å². The van der Waals surface area contributed by atoms with E-state index in [-0.39, 0.29) is 11.8 Å². The van der Waals surface area contributed by atoms with E-state index in [1.54, 1.807) is 0 Å². The second-order valence-electron chi connectivity index (χ2n) is 6.97. The first kappa shape index (κ1) is 17.9. The third kappa shape index (κ3) is 3.78. The molecule has 0 aromatic carbocycles.